The monoisotopic (exact) mass is 223 g/mol. The van der Waals surface area contributed by atoms with E-state index in [-0.39, 0.29) is 12.6 Å². The lowest BCUT2D eigenvalue weighted by Crippen LogP contribution is -2.32. The Morgan fingerprint density at radius 2 is 1.88 bits per heavy atom. The second-order valence-electron chi connectivity index (χ2n) is 4.17. The Labute approximate surface area is 97.4 Å². The number of rotatable bonds is 6. The molecule has 0 radical (unpaired) electrons. The molecule has 1 unspecified atom stereocenters. The van der Waals surface area contributed by atoms with Gasteiger partial charge in [0.15, 0.2) is 0 Å². The minimum Gasteiger partial charge on any atom is -0.497 e. The van der Waals surface area contributed by atoms with Gasteiger partial charge in [-0.3, -0.25) is 0 Å². The summed E-state index contributed by atoms with van der Waals surface area (Å²) in [5.41, 5.74) is 1.28. The fourth-order valence-corrected chi connectivity index (χ4v) is 1.49. The number of ether oxygens (including phenoxy) is 1. The molecule has 2 atom stereocenters. The molecule has 0 spiro atoms. The van der Waals surface area contributed by atoms with E-state index in [4.69, 9.17) is 9.84 Å². The third-order valence-electron chi connectivity index (χ3n) is 2.73. The summed E-state index contributed by atoms with van der Waals surface area (Å²) in [6.07, 6.45) is 0. The molecule has 0 bridgehead atoms. The molecule has 1 aromatic rings. The molecule has 0 aromatic heterocycles. The second kappa shape index (κ2) is 6.51. The number of hydrogen-bond acceptors (Lipinski definition) is 3. The highest BCUT2D eigenvalue weighted by Crippen LogP contribution is 2.18. The maximum Gasteiger partial charge on any atom is 0.118 e. The molecule has 16 heavy (non-hydrogen) atoms. The Morgan fingerprint density at radius 3 is 2.38 bits per heavy atom. The van der Waals surface area contributed by atoms with Crippen molar-refractivity contribution in [1.29, 1.82) is 0 Å². The van der Waals surface area contributed by atoms with Crippen molar-refractivity contribution in [2.75, 3.05) is 20.3 Å². The summed E-state index contributed by atoms with van der Waals surface area (Å²) in [7, 11) is 1.67. The summed E-state index contributed by atoms with van der Waals surface area (Å²) in [6, 6.07) is 8.26. The Hall–Kier alpha value is -1.06. The summed E-state index contributed by atoms with van der Waals surface area (Å²) in [4.78, 5) is 0. The number of hydrogen-bond donors (Lipinski definition) is 2. The van der Waals surface area contributed by atoms with E-state index in [0.29, 0.717) is 5.92 Å². The lowest BCUT2D eigenvalue weighted by molar-refractivity contribution is 0.250. The average molecular weight is 223 g/mol. The number of methoxy groups -OCH3 is 1. The summed E-state index contributed by atoms with van der Waals surface area (Å²) < 4.78 is 5.12. The molecule has 0 heterocycles. The summed E-state index contributed by atoms with van der Waals surface area (Å²) in [6.45, 7) is 5.18. The third-order valence-corrected chi connectivity index (χ3v) is 2.73. The Kier molecular flexibility index (Phi) is 5.29. The van der Waals surface area contributed by atoms with E-state index in [1.807, 2.05) is 19.1 Å². The van der Waals surface area contributed by atoms with Gasteiger partial charge in [-0.1, -0.05) is 19.1 Å². The van der Waals surface area contributed by atoms with Crippen LogP contribution in [0.25, 0.3) is 0 Å². The molecule has 0 aliphatic heterocycles. The van der Waals surface area contributed by atoms with Crippen LogP contribution in [0.4, 0.5) is 0 Å². The first-order valence-electron chi connectivity index (χ1n) is 5.65. The molecule has 1 rings (SSSR count). The van der Waals surface area contributed by atoms with Gasteiger partial charge in [-0.2, -0.15) is 0 Å². The van der Waals surface area contributed by atoms with E-state index in [1.165, 1.54) is 5.56 Å². The number of nitrogens with one attached hydrogen (secondary N) is 1. The summed E-state index contributed by atoms with van der Waals surface area (Å²) in [5, 5.41) is 12.2. The van der Waals surface area contributed by atoms with Gasteiger partial charge in [0, 0.05) is 12.6 Å². The molecule has 0 amide bonds. The molecular formula is C13H21NO2. The minimum atomic E-state index is 0.153. The zero-order valence-corrected chi connectivity index (χ0v) is 10.2. The van der Waals surface area contributed by atoms with Crippen LogP contribution in [0.5, 0.6) is 5.75 Å². The normalized spacial score (nSPS) is 14.5. The van der Waals surface area contributed by atoms with Gasteiger partial charge in [-0.15, -0.1) is 0 Å². The van der Waals surface area contributed by atoms with Crippen molar-refractivity contribution >= 4 is 0 Å². The van der Waals surface area contributed by atoms with Crippen LogP contribution in [0.1, 0.15) is 25.3 Å². The maximum absolute atomic E-state index is 8.91. The Morgan fingerprint density at radius 1 is 1.25 bits per heavy atom. The summed E-state index contributed by atoms with van der Waals surface area (Å²) >= 11 is 0. The molecule has 0 fully saturated rings. The van der Waals surface area contributed by atoms with Crippen molar-refractivity contribution in [3.8, 4) is 5.75 Å². The van der Waals surface area contributed by atoms with Crippen LogP contribution < -0.4 is 10.1 Å². The zero-order chi connectivity index (χ0) is 12.0. The van der Waals surface area contributed by atoms with Gasteiger partial charge in [-0.25, -0.2) is 0 Å². The number of aliphatic hydroxyl groups excluding tert-OH is 1. The van der Waals surface area contributed by atoms with Crippen LogP contribution in [0.15, 0.2) is 24.3 Å². The van der Waals surface area contributed by atoms with Crippen molar-refractivity contribution in [3.63, 3.8) is 0 Å². The molecule has 90 valence electrons. The van der Waals surface area contributed by atoms with Crippen molar-refractivity contribution in [2.45, 2.75) is 25.8 Å². The maximum atomic E-state index is 8.91. The Balaban J connectivity index is 2.49. The largest absolute Gasteiger partial charge is 0.497 e. The topological polar surface area (TPSA) is 41.5 Å². The molecule has 0 saturated heterocycles. The molecular weight excluding hydrogens is 202 g/mol. The second-order valence-corrected chi connectivity index (χ2v) is 4.17. The highest BCUT2D eigenvalue weighted by Gasteiger charge is 2.07. The predicted octanol–water partition coefficient (Wildman–Crippen LogP) is 1.77. The van der Waals surface area contributed by atoms with Crippen LogP contribution in [-0.2, 0) is 0 Å². The highest BCUT2D eigenvalue weighted by molar-refractivity contribution is 5.29. The van der Waals surface area contributed by atoms with Crippen LogP contribution in [0.3, 0.4) is 0 Å². The predicted molar refractivity (Wildman–Crippen MR) is 66.0 cm³/mol. The van der Waals surface area contributed by atoms with E-state index in [0.717, 1.165) is 12.3 Å². The number of aliphatic hydroxyl groups is 1. The van der Waals surface area contributed by atoms with Crippen LogP contribution >= 0.6 is 0 Å². The van der Waals surface area contributed by atoms with Gasteiger partial charge in [0.25, 0.3) is 0 Å². The fraction of sp³-hybridized carbons (Fsp3) is 0.538. The van der Waals surface area contributed by atoms with E-state index < -0.39 is 0 Å². The fourth-order valence-electron chi connectivity index (χ4n) is 1.49. The third kappa shape index (κ3) is 3.83. The smallest absolute Gasteiger partial charge is 0.118 e. The molecule has 0 saturated carbocycles. The first kappa shape index (κ1) is 13.0. The zero-order valence-electron chi connectivity index (χ0n) is 10.2. The van der Waals surface area contributed by atoms with Gasteiger partial charge < -0.3 is 15.2 Å². The number of benzene rings is 1. The van der Waals surface area contributed by atoms with E-state index in [1.54, 1.807) is 7.11 Å². The molecule has 1 aromatic carbocycles. The van der Waals surface area contributed by atoms with Gasteiger partial charge in [0.2, 0.25) is 0 Å². The van der Waals surface area contributed by atoms with Crippen molar-refractivity contribution in [2.24, 2.45) is 0 Å². The quantitative estimate of drug-likeness (QED) is 0.772. The first-order valence-corrected chi connectivity index (χ1v) is 5.65. The molecule has 0 aliphatic carbocycles. The van der Waals surface area contributed by atoms with Crippen molar-refractivity contribution < 1.29 is 9.84 Å². The SMILES string of the molecule is COc1ccc(C(C)CN[C@@H](C)CO)cc1. The van der Waals surface area contributed by atoms with Crippen molar-refractivity contribution in [3.05, 3.63) is 29.8 Å². The van der Waals surface area contributed by atoms with E-state index >= 15 is 0 Å². The van der Waals surface area contributed by atoms with Crippen LogP contribution in [-0.4, -0.2) is 31.4 Å². The molecule has 3 heteroatoms. The molecule has 2 N–H and O–H groups in total. The molecule has 3 nitrogen and oxygen atoms in total. The van der Waals surface area contributed by atoms with Crippen LogP contribution in [0, 0.1) is 0 Å². The first-order chi connectivity index (χ1) is 7.67. The Bertz CT molecular complexity index is 297. The van der Waals surface area contributed by atoms with Gasteiger partial charge in [-0.05, 0) is 30.5 Å². The standard InChI is InChI=1S/C13H21NO2/c1-10(8-14-11(2)9-15)12-4-6-13(16-3)7-5-12/h4-7,10-11,14-15H,8-9H2,1-3H3/t10?,11-/m0/s1. The molecule has 0 aliphatic rings. The minimum absolute atomic E-state index is 0.153. The van der Waals surface area contributed by atoms with Crippen molar-refractivity contribution in [1.82, 2.24) is 5.32 Å². The lowest BCUT2D eigenvalue weighted by Gasteiger charge is -2.16. The van der Waals surface area contributed by atoms with E-state index in [2.05, 4.69) is 24.4 Å². The average Bonchev–Trinajstić information content (AvgIpc) is 2.35. The highest BCUT2D eigenvalue weighted by atomic mass is 16.5. The van der Waals surface area contributed by atoms with Crippen LogP contribution in [0.2, 0.25) is 0 Å². The van der Waals surface area contributed by atoms with Gasteiger partial charge in [0.1, 0.15) is 5.75 Å². The summed E-state index contributed by atoms with van der Waals surface area (Å²) in [5.74, 6) is 1.31. The lowest BCUT2D eigenvalue weighted by atomic mass is 10.0. The van der Waals surface area contributed by atoms with E-state index in [9.17, 15) is 0 Å². The van der Waals surface area contributed by atoms with Gasteiger partial charge >= 0.3 is 0 Å². The van der Waals surface area contributed by atoms with Gasteiger partial charge in [0.05, 0.1) is 13.7 Å².